The minimum absolute atomic E-state index is 0.214. The van der Waals surface area contributed by atoms with Gasteiger partial charge in [-0.15, -0.1) is 0 Å². The summed E-state index contributed by atoms with van der Waals surface area (Å²) in [4.78, 5) is 16.7. The van der Waals surface area contributed by atoms with Crippen LogP contribution in [-0.4, -0.2) is 32.2 Å². The van der Waals surface area contributed by atoms with Gasteiger partial charge in [-0.1, -0.05) is 25.1 Å². The zero-order chi connectivity index (χ0) is 19.9. The number of ether oxygens (including phenoxy) is 4. The summed E-state index contributed by atoms with van der Waals surface area (Å²) in [6, 6.07) is 12.8. The number of carbonyl (C=O) groups is 1. The zero-order valence-electron chi connectivity index (χ0n) is 16.2. The van der Waals surface area contributed by atoms with Crippen LogP contribution >= 0.6 is 0 Å². The van der Waals surface area contributed by atoms with Crippen molar-refractivity contribution >= 4 is 17.9 Å². The maximum Gasteiger partial charge on any atom is 0.363 e. The van der Waals surface area contributed by atoms with Gasteiger partial charge in [0.1, 0.15) is 5.75 Å². The van der Waals surface area contributed by atoms with Gasteiger partial charge in [0.15, 0.2) is 17.2 Å². The van der Waals surface area contributed by atoms with Gasteiger partial charge in [0.2, 0.25) is 5.90 Å². The Hall–Kier alpha value is -3.28. The van der Waals surface area contributed by atoms with Crippen LogP contribution in [0.25, 0.3) is 6.08 Å². The SMILES string of the molecule is CCCOc1ccc(C=C2N=C(c3ccccc3OCC)OC2=O)cc1OC. The number of nitrogens with zero attached hydrogens (tertiary/aromatic N) is 1. The van der Waals surface area contributed by atoms with Crippen LogP contribution in [0.3, 0.4) is 0 Å². The van der Waals surface area contributed by atoms with E-state index in [2.05, 4.69) is 4.99 Å². The summed E-state index contributed by atoms with van der Waals surface area (Å²) >= 11 is 0. The monoisotopic (exact) mass is 381 g/mol. The molecule has 0 aromatic heterocycles. The van der Waals surface area contributed by atoms with E-state index in [1.165, 1.54) is 0 Å². The molecular formula is C22H23NO5. The third-order valence-electron chi connectivity index (χ3n) is 3.99. The van der Waals surface area contributed by atoms with E-state index in [0.29, 0.717) is 36.0 Å². The first-order valence-corrected chi connectivity index (χ1v) is 9.21. The number of esters is 1. The van der Waals surface area contributed by atoms with Gasteiger partial charge in [0.25, 0.3) is 0 Å². The summed E-state index contributed by atoms with van der Waals surface area (Å²) in [5, 5.41) is 0. The van der Waals surface area contributed by atoms with Gasteiger partial charge < -0.3 is 18.9 Å². The molecule has 1 heterocycles. The van der Waals surface area contributed by atoms with Gasteiger partial charge in [-0.05, 0) is 49.2 Å². The second kappa shape index (κ2) is 9.08. The van der Waals surface area contributed by atoms with Crippen LogP contribution in [0.4, 0.5) is 0 Å². The summed E-state index contributed by atoms with van der Waals surface area (Å²) in [5.74, 6) is 1.61. The number of aliphatic imine (C=N–C) groups is 1. The predicted molar refractivity (Wildman–Crippen MR) is 107 cm³/mol. The molecule has 6 heteroatoms. The molecule has 0 unspecified atom stereocenters. The molecule has 0 amide bonds. The molecule has 0 bridgehead atoms. The van der Waals surface area contributed by atoms with Crippen molar-refractivity contribution < 1.29 is 23.7 Å². The average molecular weight is 381 g/mol. The van der Waals surface area contributed by atoms with E-state index in [0.717, 1.165) is 12.0 Å². The molecule has 0 saturated heterocycles. The van der Waals surface area contributed by atoms with Gasteiger partial charge in [-0.2, -0.15) is 0 Å². The Labute approximate surface area is 164 Å². The number of para-hydroxylation sites is 1. The fraction of sp³-hybridized carbons (Fsp3) is 0.273. The third-order valence-corrected chi connectivity index (χ3v) is 3.99. The summed E-state index contributed by atoms with van der Waals surface area (Å²) < 4.78 is 22.0. The summed E-state index contributed by atoms with van der Waals surface area (Å²) in [6.45, 7) is 5.05. The van der Waals surface area contributed by atoms with Gasteiger partial charge >= 0.3 is 5.97 Å². The van der Waals surface area contributed by atoms with Crippen molar-refractivity contribution in [3.8, 4) is 17.2 Å². The molecule has 0 aliphatic carbocycles. The van der Waals surface area contributed by atoms with Crippen LogP contribution < -0.4 is 14.2 Å². The van der Waals surface area contributed by atoms with E-state index in [-0.39, 0.29) is 11.6 Å². The molecule has 0 atom stereocenters. The van der Waals surface area contributed by atoms with Crippen molar-refractivity contribution in [1.29, 1.82) is 0 Å². The highest BCUT2D eigenvalue weighted by atomic mass is 16.6. The van der Waals surface area contributed by atoms with Gasteiger partial charge in [0, 0.05) is 0 Å². The molecule has 3 rings (SSSR count). The second-order valence-corrected chi connectivity index (χ2v) is 6.02. The smallest absolute Gasteiger partial charge is 0.363 e. The second-order valence-electron chi connectivity index (χ2n) is 6.02. The van der Waals surface area contributed by atoms with E-state index < -0.39 is 5.97 Å². The number of cyclic esters (lactones) is 1. The molecule has 0 saturated carbocycles. The van der Waals surface area contributed by atoms with Crippen LogP contribution in [-0.2, 0) is 9.53 Å². The van der Waals surface area contributed by atoms with Crippen molar-refractivity contribution in [3.05, 3.63) is 59.3 Å². The van der Waals surface area contributed by atoms with E-state index >= 15 is 0 Å². The Morgan fingerprint density at radius 3 is 2.61 bits per heavy atom. The quantitative estimate of drug-likeness (QED) is 0.506. The van der Waals surface area contributed by atoms with E-state index in [1.807, 2.05) is 50.2 Å². The highest BCUT2D eigenvalue weighted by Crippen LogP contribution is 2.30. The maximum absolute atomic E-state index is 12.3. The van der Waals surface area contributed by atoms with E-state index in [4.69, 9.17) is 18.9 Å². The number of rotatable bonds is 8. The van der Waals surface area contributed by atoms with Crippen LogP contribution in [0.1, 0.15) is 31.4 Å². The number of benzene rings is 2. The Kier molecular flexibility index (Phi) is 6.32. The number of carbonyl (C=O) groups excluding carboxylic acids is 1. The molecule has 0 radical (unpaired) electrons. The Morgan fingerprint density at radius 1 is 1.04 bits per heavy atom. The lowest BCUT2D eigenvalue weighted by molar-refractivity contribution is -0.129. The van der Waals surface area contributed by atoms with Crippen molar-refractivity contribution in [3.63, 3.8) is 0 Å². The lowest BCUT2D eigenvalue weighted by Gasteiger charge is -2.10. The first-order valence-electron chi connectivity index (χ1n) is 9.21. The molecule has 28 heavy (non-hydrogen) atoms. The molecule has 146 valence electrons. The Balaban J connectivity index is 1.89. The third kappa shape index (κ3) is 4.34. The molecular weight excluding hydrogens is 358 g/mol. The molecule has 0 N–H and O–H groups in total. The van der Waals surface area contributed by atoms with Crippen molar-refractivity contribution in [2.75, 3.05) is 20.3 Å². The normalized spacial score (nSPS) is 14.6. The van der Waals surface area contributed by atoms with Crippen molar-refractivity contribution in [1.82, 2.24) is 0 Å². The highest BCUT2D eigenvalue weighted by Gasteiger charge is 2.26. The standard InChI is InChI=1S/C22H23NO5/c1-4-12-27-19-11-10-15(14-20(19)25-3)13-17-22(24)28-21(23-17)16-8-6-7-9-18(16)26-5-2/h6-11,13-14H,4-5,12H2,1-3H3. The first kappa shape index (κ1) is 19.5. The highest BCUT2D eigenvalue weighted by molar-refractivity contribution is 6.13. The predicted octanol–water partition coefficient (Wildman–Crippen LogP) is 4.23. The molecule has 6 nitrogen and oxygen atoms in total. The van der Waals surface area contributed by atoms with Gasteiger partial charge in [-0.3, -0.25) is 0 Å². The maximum atomic E-state index is 12.3. The van der Waals surface area contributed by atoms with Crippen LogP contribution in [0.5, 0.6) is 17.2 Å². The molecule has 1 aliphatic heterocycles. The lowest BCUT2D eigenvalue weighted by Crippen LogP contribution is -2.07. The zero-order valence-corrected chi connectivity index (χ0v) is 16.2. The lowest BCUT2D eigenvalue weighted by atomic mass is 10.1. The topological polar surface area (TPSA) is 66.3 Å². The average Bonchev–Trinajstić information content (AvgIpc) is 3.07. The minimum Gasteiger partial charge on any atom is -0.493 e. The van der Waals surface area contributed by atoms with Crippen molar-refractivity contribution in [2.45, 2.75) is 20.3 Å². The van der Waals surface area contributed by atoms with Crippen LogP contribution in [0, 0.1) is 0 Å². The summed E-state index contributed by atoms with van der Waals surface area (Å²) in [5.41, 5.74) is 1.61. The Morgan fingerprint density at radius 2 is 1.86 bits per heavy atom. The Bertz CT molecular complexity index is 917. The van der Waals surface area contributed by atoms with Crippen LogP contribution in [0.2, 0.25) is 0 Å². The van der Waals surface area contributed by atoms with E-state index in [9.17, 15) is 4.79 Å². The summed E-state index contributed by atoms with van der Waals surface area (Å²) in [7, 11) is 1.58. The van der Waals surface area contributed by atoms with Crippen molar-refractivity contribution in [2.24, 2.45) is 4.99 Å². The fourth-order valence-electron chi connectivity index (χ4n) is 2.71. The van der Waals surface area contributed by atoms with E-state index in [1.54, 1.807) is 19.3 Å². The van der Waals surface area contributed by atoms with Crippen LogP contribution in [0.15, 0.2) is 53.2 Å². The minimum atomic E-state index is -0.508. The van der Waals surface area contributed by atoms with Gasteiger partial charge in [0.05, 0.1) is 25.9 Å². The largest absolute Gasteiger partial charge is 0.493 e. The number of hydrogen-bond donors (Lipinski definition) is 0. The number of methoxy groups -OCH3 is 1. The fourth-order valence-corrected chi connectivity index (χ4v) is 2.71. The molecule has 2 aromatic rings. The molecule has 2 aromatic carbocycles. The molecule has 0 spiro atoms. The summed E-state index contributed by atoms with van der Waals surface area (Å²) in [6.07, 6.45) is 2.56. The molecule has 0 fully saturated rings. The number of hydrogen-bond acceptors (Lipinski definition) is 6. The van der Waals surface area contributed by atoms with Gasteiger partial charge in [-0.25, -0.2) is 9.79 Å². The molecule has 1 aliphatic rings. The first-order chi connectivity index (χ1) is 13.7.